The monoisotopic (exact) mass is 332 g/mol. The van der Waals surface area contributed by atoms with Crippen LogP contribution >= 0.6 is 0 Å². The van der Waals surface area contributed by atoms with Gasteiger partial charge in [-0.2, -0.15) is 5.10 Å². The van der Waals surface area contributed by atoms with Crippen LogP contribution in [0.5, 0.6) is 0 Å². The van der Waals surface area contributed by atoms with Gasteiger partial charge in [0.25, 0.3) is 0 Å². The number of nitrogens with one attached hydrogen (secondary N) is 2. The zero-order valence-electron chi connectivity index (χ0n) is 13.8. The van der Waals surface area contributed by atoms with E-state index in [1.807, 2.05) is 50.4 Å². The number of H-pyrrole nitrogens is 1. The molecule has 7 nitrogen and oxygen atoms in total. The van der Waals surface area contributed by atoms with E-state index >= 15 is 0 Å². The van der Waals surface area contributed by atoms with Gasteiger partial charge >= 0.3 is 0 Å². The first-order valence-electron chi connectivity index (χ1n) is 7.85. The molecule has 0 aliphatic rings. The molecule has 4 heterocycles. The maximum absolute atomic E-state index is 11.5. The lowest BCUT2D eigenvalue weighted by Gasteiger charge is -2.03. The summed E-state index contributed by atoms with van der Waals surface area (Å²) >= 11 is 0. The summed E-state index contributed by atoms with van der Waals surface area (Å²) in [6.45, 7) is 3.78. The van der Waals surface area contributed by atoms with Crippen molar-refractivity contribution in [2.75, 3.05) is 5.32 Å². The first-order chi connectivity index (χ1) is 12.1. The highest BCUT2D eigenvalue weighted by Gasteiger charge is 2.06. The van der Waals surface area contributed by atoms with E-state index in [0.29, 0.717) is 17.5 Å². The predicted molar refractivity (Wildman–Crippen MR) is 96.0 cm³/mol. The van der Waals surface area contributed by atoms with Gasteiger partial charge in [0, 0.05) is 36.3 Å². The lowest BCUT2D eigenvalue weighted by molar-refractivity contribution is 0.960. The van der Waals surface area contributed by atoms with E-state index in [1.54, 1.807) is 16.8 Å². The zero-order chi connectivity index (χ0) is 17.4. The molecule has 0 amide bonds. The average molecular weight is 332 g/mol. The molecular formula is C18H16N6O. The molecule has 0 aromatic carbocycles. The topological polar surface area (TPSA) is 88.0 Å². The molecule has 0 bridgehead atoms. The second-order valence-corrected chi connectivity index (χ2v) is 5.82. The minimum absolute atomic E-state index is 0.122. The van der Waals surface area contributed by atoms with Crippen LogP contribution in [0.25, 0.3) is 16.6 Å². The fraction of sp³-hybridized carbons (Fsp3) is 0.111. The zero-order valence-corrected chi connectivity index (χ0v) is 13.8. The Morgan fingerprint density at radius 2 is 1.84 bits per heavy atom. The highest BCUT2D eigenvalue weighted by atomic mass is 16.1. The van der Waals surface area contributed by atoms with Crippen LogP contribution < -0.4 is 10.9 Å². The number of pyridine rings is 2. The van der Waals surface area contributed by atoms with E-state index in [9.17, 15) is 4.79 Å². The number of anilines is 2. The Kier molecular flexibility index (Phi) is 3.53. The van der Waals surface area contributed by atoms with Crippen molar-refractivity contribution >= 4 is 17.2 Å². The predicted octanol–water partition coefficient (Wildman–Crippen LogP) is 2.84. The molecule has 4 aromatic heterocycles. The lowest BCUT2D eigenvalue weighted by Crippen LogP contribution is -2.02. The Bertz CT molecular complexity index is 1110. The van der Waals surface area contributed by atoms with Crippen LogP contribution in [0.1, 0.15) is 11.5 Å². The van der Waals surface area contributed by atoms with Crippen molar-refractivity contribution < 1.29 is 0 Å². The van der Waals surface area contributed by atoms with Gasteiger partial charge in [0.1, 0.15) is 11.6 Å². The van der Waals surface area contributed by atoms with Crippen molar-refractivity contribution in [1.29, 1.82) is 0 Å². The first kappa shape index (κ1) is 15.1. The van der Waals surface area contributed by atoms with Gasteiger partial charge in [-0.1, -0.05) is 0 Å². The van der Waals surface area contributed by atoms with Gasteiger partial charge in [0.2, 0.25) is 5.56 Å². The molecule has 4 rings (SSSR count). The number of fused-ring (bicyclic) bond motifs is 1. The van der Waals surface area contributed by atoms with E-state index in [4.69, 9.17) is 0 Å². The summed E-state index contributed by atoms with van der Waals surface area (Å²) in [6, 6.07) is 11.2. The molecule has 0 unspecified atom stereocenters. The van der Waals surface area contributed by atoms with E-state index in [0.717, 1.165) is 22.3 Å². The van der Waals surface area contributed by atoms with Gasteiger partial charge in [-0.25, -0.2) is 14.5 Å². The maximum Gasteiger partial charge on any atom is 0.248 e. The van der Waals surface area contributed by atoms with Gasteiger partial charge in [-0.15, -0.1) is 0 Å². The van der Waals surface area contributed by atoms with E-state index < -0.39 is 0 Å². The molecule has 7 heteroatoms. The van der Waals surface area contributed by atoms with E-state index in [1.165, 1.54) is 0 Å². The summed E-state index contributed by atoms with van der Waals surface area (Å²) in [5.41, 5.74) is 3.52. The largest absolute Gasteiger partial charge is 0.329 e. The third-order valence-electron chi connectivity index (χ3n) is 3.79. The molecule has 0 aliphatic heterocycles. The van der Waals surface area contributed by atoms with Crippen molar-refractivity contribution in [3.8, 4) is 11.1 Å². The number of aromatic amines is 1. The van der Waals surface area contributed by atoms with Crippen molar-refractivity contribution in [1.82, 2.24) is 24.6 Å². The van der Waals surface area contributed by atoms with Gasteiger partial charge in [0.05, 0.1) is 5.52 Å². The van der Waals surface area contributed by atoms with Crippen LogP contribution in [0.15, 0.2) is 53.6 Å². The van der Waals surface area contributed by atoms with Crippen LogP contribution in [-0.4, -0.2) is 24.6 Å². The summed E-state index contributed by atoms with van der Waals surface area (Å²) in [5, 5.41) is 7.70. The second kappa shape index (κ2) is 5.86. The number of aryl methyl sites for hydroxylation is 2. The van der Waals surface area contributed by atoms with Crippen molar-refractivity contribution in [3.05, 3.63) is 70.7 Å². The first-order valence-corrected chi connectivity index (χ1v) is 7.85. The fourth-order valence-corrected chi connectivity index (χ4v) is 2.77. The van der Waals surface area contributed by atoms with Gasteiger partial charge in [-0.05, 0) is 43.2 Å². The van der Waals surface area contributed by atoms with Crippen molar-refractivity contribution in [2.24, 2.45) is 0 Å². The molecule has 0 atom stereocenters. The van der Waals surface area contributed by atoms with Crippen LogP contribution in [0, 0.1) is 13.8 Å². The molecule has 0 saturated heterocycles. The van der Waals surface area contributed by atoms with Crippen molar-refractivity contribution in [2.45, 2.75) is 13.8 Å². The summed E-state index contributed by atoms with van der Waals surface area (Å²) in [6.07, 6.45) is 3.51. The minimum Gasteiger partial charge on any atom is -0.329 e. The van der Waals surface area contributed by atoms with Gasteiger partial charge in [0.15, 0.2) is 5.82 Å². The molecule has 4 aromatic rings. The Morgan fingerprint density at radius 1 is 1.00 bits per heavy atom. The van der Waals surface area contributed by atoms with Crippen LogP contribution in [0.3, 0.4) is 0 Å². The molecule has 0 spiro atoms. The van der Waals surface area contributed by atoms with Gasteiger partial charge in [-0.3, -0.25) is 4.79 Å². The molecule has 25 heavy (non-hydrogen) atoms. The number of hydrogen-bond donors (Lipinski definition) is 2. The SMILES string of the molecule is Cc1cc(Nc2cc3cc(-c4cc[nH]c(=O)c4)ccn3n2)nc(C)n1. The number of nitrogens with zero attached hydrogens (tertiary/aromatic N) is 4. The summed E-state index contributed by atoms with van der Waals surface area (Å²) in [5.74, 6) is 2.12. The third-order valence-corrected chi connectivity index (χ3v) is 3.79. The molecule has 0 aliphatic carbocycles. The second-order valence-electron chi connectivity index (χ2n) is 5.82. The van der Waals surface area contributed by atoms with Crippen LogP contribution in [0.4, 0.5) is 11.6 Å². The Hall–Kier alpha value is -3.48. The Labute approximate surface area is 143 Å². The summed E-state index contributed by atoms with van der Waals surface area (Å²) in [4.78, 5) is 22.7. The fourth-order valence-electron chi connectivity index (χ4n) is 2.77. The van der Waals surface area contributed by atoms with E-state index in [-0.39, 0.29) is 5.56 Å². The smallest absolute Gasteiger partial charge is 0.248 e. The number of hydrogen-bond acceptors (Lipinski definition) is 5. The summed E-state index contributed by atoms with van der Waals surface area (Å²) in [7, 11) is 0. The van der Waals surface area contributed by atoms with Crippen LogP contribution in [-0.2, 0) is 0 Å². The summed E-state index contributed by atoms with van der Waals surface area (Å²) < 4.78 is 1.78. The van der Waals surface area contributed by atoms with E-state index in [2.05, 4.69) is 25.4 Å². The quantitative estimate of drug-likeness (QED) is 0.602. The van der Waals surface area contributed by atoms with Crippen LogP contribution in [0.2, 0.25) is 0 Å². The molecular weight excluding hydrogens is 316 g/mol. The maximum atomic E-state index is 11.5. The van der Waals surface area contributed by atoms with Crippen molar-refractivity contribution in [3.63, 3.8) is 0 Å². The Morgan fingerprint density at radius 3 is 2.64 bits per heavy atom. The molecule has 0 saturated carbocycles. The number of rotatable bonds is 3. The lowest BCUT2D eigenvalue weighted by atomic mass is 10.1. The normalized spacial score (nSPS) is 11.0. The number of aromatic nitrogens is 5. The Balaban J connectivity index is 1.69. The molecule has 124 valence electrons. The minimum atomic E-state index is -0.122. The molecule has 2 N–H and O–H groups in total. The highest BCUT2D eigenvalue weighted by Crippen LogP contribution is 2.22. The molecule has 0 radical (unpaired) electrons. The molecule has 0 fully saturated rings. The average Bonchev–Trinajstić information content (AvgIpc) is 2.95. The highest BCUT2D eigenvalue weighted by molar-refractivity contribution is 5.70. The van der Waals surface area contributed by atoms with Gasteiger partial charge < -0.3 is 10.3 Å². The third kappa shape index (κ3) is 3.12. The standard InChI is InChI=1S/C18H16N6O/c1-11-7-16(21-12(2)20-11)22-17-10-15-8-14(4-6-24(15)23-17)13-3-5-19-18(25)9-13/h3-10H,1-2H3,(H,19,25)(H,20,21,22,23).